The van der Waals surface area contributed by atoms with Crippen LogP contribution >= 0.6 is 0 Å². The van der Waals surface area contributed by atoms with E-state index in [9.17, 15) is 14.9 Å². The van der Waals surface area contributed by atoms with E-state index in [0.717, 1.165) is 25.7 Å². The van der Waals surface area contributed by atoms with Crippen molar-refractivity contribution in [1.82, 2.24) is 0 Å². The quantitative estimate of drug-likeness (QED) is 0.367. The van der Waals surface area contributed by atoms with Gasteiger partial charge in [0.05, 0.1) is 29.9 Å². The van der Waals surface area contributed by atoms with E-state index in [1.165, 1.54) is 25.3 Å². The van der Waals surface area contributed by atoms with E-state index in [0.29, 0.717) is 23.7 Å². The highest BCUT2D eigenvalue weighted by Crippen LogP contribution is 2.30. The number of unbranched alkanes of at least 4 members (excludes halogenated alkanes) is 3. The Bertz CT molecular complexity index is 792. The van der Waals surface area contributed by atoms with Crippen molar-refractivity contribution in [2.75, 3.05) is 19.0 Å². The van der Waals surface area contributed by atoms with E-state index in [2.05, 4.69) is 12.2 Å². The maximum Gasteiger partial charge on any atom is 0.271 e. The van der Waals surface area contributed by atoms with E-state index in [1.54, 1.807) is 24.3 Å². The molecule has 2 aromatic carbocycles. The third-order valence-corrected chi connectivity index (χ3v) is 4.03. The normalized spacial score (nSPS) is 10.3. The number of amides is 1. The fourth-order valence-corrected chi connectivity index (χ4v) is 2.59. The van der Waals surface area contributed by atoms with E-state index in [1.807, 2.05) is 0 Å². The molecule has 1 N–H and O–H groups in total. The number of nitro groups is 1. The van der Waals surface area contributed by atoms with Crippen molar-refractivity contribution in [3.05, 3.63) is 58.1 Å². The predicted molar refractivity (Wildman–Crippen MR) is 104 cm³/mol. The van der Waals surface area contributed by atoms with Crippen LogP contribution in [0.15, 0.2) is 42.5 Å². The molecule has 0 saturated carbocycles. The van der Waals surface area contributed by atoms with Gasteiger partial charge in [0.2, 0.25) is 0 Å². The topological polar surface area (TPSA) is 90.7 Å². The summed E-state index contributed by atoms with van der Waals surface area (Å²) < 4.78 is 10.9. The number of nitrogens with zero attached hydrogens (tertiary/aromatic N) is 1. The highest BCUT2D eigenvalue weighted by Gasteiger charge is 2.17. The van der Waals surface area contributed by atoms with Crippen molar-refractivity contribution < 1.29 is 19.2 Å². The summed E-state index contributed by atoms with van der Waals surface area (Å²) in [5.41, 5.74) is 0.461. The Hall–Kier alpha value is -3.09. The summed E-state index contributed by atoms with van der Waals surface area (Å²) in [6.07, 6.45) is 4.29. The van der Waals surface area contributed by atoms with Crippen molar-refractivity contribution in [2.45, 2.75) is 32.6 Å². The van der Waals surface area contributed by atoms with Crippen LogP contribution in [0.4, 0.5) is 11.4 Å². The Labute approximate surface area is 158 Å². The molecule has 144 valence electrons. The first kappa shape index (κ1) is 20.2. The fourth-order valence-electron chi connectivity index (χ4n) is 2.59. The van der Waals surface area contributed by atoms with Crippen LogP contribution in [0.5, 0.6) is 11.5 Å². The molecular formula is C20H24N2O5. The maximum atomic E-state index is 12.7. The third-order valence-electron chi connectivity index (χ3n) is 4.03. The molecule has 0 saturated heterocycles. The molecular weight excluding hydrogens is 348 g/mol. The largest absolute Gasteiger partial charge is 0.495 e. The summed E-state index contributed by atoms with van der Waals surface area (Å²) in [6.45, 7) is 2.67. The number of ether oxygens (including phenoxy) is 2. The van der Waals surface area contributed by atoms with Crippen molar-refractivity contribution >= 4 is 17.3 Å². The third kappa shape index (κ3) is 5.70. The van der Waals surface area contributed by atoms with Gasteiger partial charge in [0.1, 0.15) is 11.5 Å². The van der Waals surface area contributed by atoms with E-state index >= 15 is 0 Å². The van der Waals surface area contributed by atoms with E-state index in [-0.39, 0.29) is 11.4 Å². The molecule has 0 fully saturated rings. The van der Waals surface area contributed by atoms with Crippen LogP contribution in [-0.4, -0.2) is 24.5 Å². The van der Waals surface area contributed by atoms with Crippen LogP contribution < -0.4 is 14.8 Å². The van der Waals surface area contributed by atoms with Crippen LogP contribution in [0.2, 0.25) is 0 Å². The number of anilines is 1. The maximum absolute atomic E-state index is 12.7. The Morgan fingerprint density at radius 3 is 2.59 bits per heavy atom. The molecule has 0 aliphatic rings. The van der Waals surface area contributed by atoms with Gasteiger partial charge in [0.15, 0.2) is 0 Å². The molecule has 0 spiro atoms. The smallest absolute Gasteiger partial charge is 0.271 e. The first-order valence-electron chi connectivity index (χ1n) is 8.92. The average molecular weight is 372 g/mol. The standard InChI is InChI=1S/C20H24N2O5/c1-3-4-5-8-13-27-18-10-7-6-9-16(18)20(23)21-17-14-15(22(24)25)11-12-19(17)26-2/h6-7,9-12,14H,3-5,8,13H2,1-2H3,(H,21,23). The molecule has 0 atom stereocenters. The van der Waals surface area contributed by atoms with Gasteiger partial charge in [0, 0.05) is 12.1 Å². The predicted octanol–water partition coefficient (Wildman–Crippen LogP) is 4.81. The van der Waals surface area contributed by atoms with Gasteiger partial charge in [-0.3, -0.25) is 14.9 Å². The molecule has 0 aliphatic heterocycles. The molecule has 7 nitrogen and oxygen atoms in total. The number of carbonyl (C=O) groups excluding carboxylic acids is 1. The molecule has 0 radical (unpaired) electrons. The number of nitrogens with one attached hydrogen (secondary N) is 1. The summed E-state index contributed by atoms with van der Waals surface area (Å²) >= 11 is 0. The van der Waals surface area contributed by atoms with Gasteiger partial charge in [-0.15, -0.1) is 0 Å². The van der Waals surface area contributed by atoms with Crippen molar-refractivity contribution in [3.63, 3.8) is 0 Å². The van der Waals surface area contributed by atoms with Gasteiger partial charge < -0.3 is 14.8 Å². The molecule has 1 amide bonds. The lowest BCUT2D eigenvalue weighted by molar-refractivity contribution is -0.384. The van der Waals surface area contributed by atoms with Crippen molar-refractivity contribution in [1.29, 1.82) is 0 Å². The second-order valence-electron chi connectivity index (χ2n) is 6.00. The van der Waals surface area contributed by atoms with Crippen molar-refractivity contribution in [3.8, 4) is 11.5 Å². The lowest BCUT2D eigenvalue weighted by atomic mass is 10.1. The number of methoxy groups -OCH3 is 1. The van der Waals surface area contributed by atoms with Crippen LogP contribution in [-0.2, 0) is 0 Å². The second kappa shape index (κ2) is 10.2. The number of rotatable bonds is 10. The number of benzene rings is 2. The zero-order valence-electron chi connectivity index (χ0n) is 15.6. The van der Waals surface area contributed by atoms with Gasteiger partial charge in [-0.2, -0.15) is 0 Å². The lowest BCUT2D eigenvalue weighted by Crippen LogP contribution is -2.14. The Morgan fingerprint density at radius 1 is 1.11 bits per heavy atom. The Kier molecular flexibility index (Phi) is 7.61. The van der Waals surface area contributed by atoms with E-state index in [4.69, 9.17) is 9.47 Å². The zero-order valence-corrected chi connectivity index (χ0v) is 15.6. The molecule has 0 aliphatic carbocycles. The summed E-state index contributed by atoms with van der Waals surface area (Å²) in [6, 6.07) is 11.0. The minimum atomic E-state index is -0.525. The number of carbonyl (C=O) groups is 1. The van der Waals surface area contributed by atoms with Crippen LogP contribution in [0.3, 0.4) is 0 Å². The summed E-state index contributed by atoms with van der Waals surface area (Å²) in [7, 11) is 1.43. The van der Waals surface area contributed by atoms with Crippen molar-refractivity contribution in [2.24, 2.45) is 0 Å². The van der Waals surface area contributed by atoms with Gasteiger partial charge >= 0.3 is 0 Å². The molecule has 0 heterocycles. The first-order chi connectivity index (χ1) is 13.1. The SMILES string of the molecule is CCCCCCOc1ccccc1C(=O)Nc1cc([N+](=O)[O-])ccc1OC. The van der Waals surface area contributed by atoms with E-state index < -0.39 is 10.8 Å². The molecule has 7 heteroatoms. The highest BCUT2D eigenvalue weighted by atomic mass is 16.6. The number of non-ortho nitro benzene ring substituents is 1. The van der Waals surface area contributed by atoms with Gasteiger partial charge in [-0.05, 0) is 24.6 Å². The number of hydrogen-bond donors (Lipinski definition) is 1. The Morgan fingerprint density at radius 2 is 1.89 bits per heavy atom. The molecule has 0 bridgehead atoms. The zero-order chi connectivity index (χ0) is 19.6. The summed E-state index contributed by atoms with van der Waals surface area (Å²) in [4.78, 5) is 23.2. The van der Waals surface area contributed by atoms with Crippen LogP contribution in [0.1, 0.15) is 43.0 Å². The minimum absolute atomic E-state index is 0.133. The lowest BCUT2D eigenvalue weighted by Gasteiger charge is -2.13. The van der Waals surface area contributed by atoms with Gasteiger partial charge in [-0.25, -0.2) is 0 Å². The summed E-state index contributed by atoms with van der Waals surface area (Å²) in [5.74, 6) is 0.403. The number of hydrogen-bond acceptors (Lipinski definition) is 5. The monoisotopic (exact) mass is 372 g/mol. The molecule has 0 aromatic heterocycles. The minimum Gasteiger partial charge on any atom is -0.495 e. The number of para-hydroxylation sites is 1. The molecule has 27 heavy (non-hydrogen) atoms. The summed E-state index contributed by atoms with van der Waals surface area (Å²) in [5, 5.41) is 13.7. The Balaban J connectivity index is 2.14. The molecule has 2 aromatic rings. The van der Waals surface area contributed by atoms with Gasteiger partial charge in [-0.1, -0.05) is 38.3 Å². The number of nitro benzene ring substituents is 1. The van der Waals surface area contributed by atoms with Crippen LogP contribution in [0, 0.1) is 10.1 Å². The fraction of sp³-hybridized carbons (Fsp3) is 0.350. The second-order valence-corrected chi connectivity index (χ2v) is 6.00. The molecule has 0 unspecified atom stereocenters. The van der Waals surface area contributed by atoms with Gasteiger partial charge in [0.25, 0.3) is 11.6 Å². The first-order valence-corrected chi connectivity index (χ1v) is 8.92. The molecule has 2 rings (SSSR count). The highest BCUT2D eigenvalue weighted by molar-refractivity contribution is 6.07. The van der Waals surface area contributed by atoms with Crippen LogP contribution in [0.25, 0.3) is 0 Å². The average Bonchev–Trinajstić information content (AvgIpc) is 2.68.